The van der Waals surface area contributed by atoms with Crippen LogP contribution in [0.3, 0.4) is 0 Å². The predicted octanol–water partition coefficient (Wildman–Crippen LogP) is 4.52. The van der Waals surface area contributed by atoms with E-state index in [1.54, 1.807) is 37.3 Å². The number of benzene rings is 2. The zero-order chi connectivity index (χ0) is 16.1. The van der Waals surface area contributed by atoms with Crippen molar-refractivity contribution in [3.8, 4) is 11.5 Å². The lowest BCUT2D eigenvalue weighted by atomic mass is 10.2. The molecule has 0 aliphatic carbocycles. The van der Waals surface area contributed by atoms with E-state index in [-0.39, 0.29) is 5.91 Å². The second-order valence-corrected chi connectivity index (χ2v) is 5.90. The Labute approximate surface area is 142 Å². The molecule has 0 aliphatic heterocycles. The zero-order valence-electron chi connectivity index (χ0n) is 12.1. The standard InChI is InChI=1S/C16H15BrClNO3/c1-10(22-13-6-3-11(17)4-7-13)16(20)19-14-9-12(18)5-8-15(14)21-2/h3-10H,1-2H3,(H,19,20). The number of carbonyl (C=O) groups excluding carboxylic acids is 1. The molecule has 0 heterocycles. The van der Waals surface area contributed by atoms with Crippen LogP contribution in [0.15, 0.2) is 46.9 Å². The van der Waals surface area contributed by atoms with Crippen molar-refractivity contribution < 1.29 is 14.3 Å². The molecule has 22 heavy (non-hydrogen) atoms. The number of rotatable bonds is 5. The van der Waals surface area contributed by atoms with Crippen molar-refractivity contribution in [3.63, 3.8) is 0 Å². The van der Waals surface area contributed by atoms with E-state index >= 15 is 0 Å². The number of ether oxygens (including phenoxy) is 2. The summed E-state index contributed by atoms with van der Waals surface area (Å²) in [5.74, 6) is 0.862. The van der Waals surface area contributed by atoms with Crippen LogP contribution in [-0.2, 0) is 4.79 Å². The van der Waals surface area contributed by atoms with Gasteiger partial charge in [-0.3, -0.25) is 4.79 Å². The fourth-order valence-corrected chi connectivity index (χ4v) is 2.22. The minimum atomic E-state index is -0.662. The molecular weight excluding hydrogens is 370 g/mol. The molecule has 0 radical (unpaired) electrons. The van der Waals surface area contributed by atoms with Crippen molar-refractivity contribution in [1.82, 2.24) is 0 Å². The first-order chi connectivity index (χ1) is 10.5. The summed E-state index contributed by atoms with van der Waals surface area (Å²) in [5, 5.41) is 3.26. The van der Waals surface area contributed by atoms with Gasteiger partial charge in [0, 0.05) is 9.50 Å². The molecular formula is C16H15BrClNO3. The Bertz CT molecular complexity index is 661. The Hall–Kier alpha value is -1.72. The predicted molar refractivity (Wildman–Crippen MR) is 90.9 cm³/mol. The van der Waals surface area contributed by atoms with Crippen molar-refractivity contribution in [3.05, 3.63) is 52.0 Å². The summed E-state index contributed by atoms with van der Waals surface area (Å²) in [6.45, 7) is 1.68. The van der Waals surface area contributed by atoms with Gasteiger partial charge in [0.2, 0.25) is 0 Å². The van der Waals surface area contributed by atoms with Crippen LogP contribution in [0.25, 0.3) is 0 Å². The first-order valence-corrected chi connectivity index (χ1v) is 7.73. The topological polar surface area (TPSA) is 47.6 Å². The third kappa shape index (κ3) is 4.39. The summed E-state index contributed by atoms with van der Waals surface area (Å²) in [6.07, 6.45) is -0.662. The molecule has 1 atom stereocenters. The van der Waals surface area contributed by atoms with Gasteiger partial charge < -0.3 is 14.8 Å². The molecule has 0 aliphatic rings. The number of nitrogens with one attached hydrogen (secondary N) is 1. The number of anilines is 1. The molecule has 1 unspecified atom stereocenters. The molecule has 1 N–H and O–H groups in total. The maximum atomic E-state index is 12.2. The van der Waals surface area contributed by atoms with E-state index in [1.807, 2.05) is 12.1 Å². The quantitative estimate of drug-likeness (QED) is 0.824. The molecule has 0 saturated carbocycles. The summed E-state index contributed by atoms with van der Waals surface area (Å²) in [7, 11) is 1.53. The van der Waals surface area contributed by atoms with Gasteiger partial charge in [0.1, 0.15) is 11.5 Å². The van der Waals surface area contributed by atoms with Crippen LogP contribution in [0.2, 0.25) is 5.02 Å². The monoisotopic (exact) mass is 383 g/mol. The fraction of sp³-hybridized carbons (Fsp3) is 0.188. The molecule has 1 amide bonds. The van der Waals surface area contributed by atoms with E-state index in [9.17, 15) is 4.79 Å². The highest BCUT2D eigenvalue weighted by molar-refractivity contribution is 9.10. The van der Waals surface area contributed by atoms with Gasteiger partial charge in [-0.25, -0.2) is 0 Å². The number of methoxy groups -OCH3 is 1. The van der Waals surface area contributed by atoms with Crippen LogP contribution in [0.1, 0.15) is 6.92 Å². The number of carbonyl (C=O) groups is 1. The van der Waals surface area contributed by atoms with Crippen LogP contribution in [-0.4, -0.2) is 19.1 Å². The number of hydrogen-bond acceptors (Lipinski definition) is 3. The van der Waals surface area contributed by atoms with Crippen LogP contribution in [0.5, 0.6) is 11.5 Å². The maximum Gasteiger partial charge on any atom is 0.265 e. The lowest BCUT2D eigenvalue weighted by Crippen LogP contribution is -2.30. The highest BCUT2D eigenvalue weighted by atomic mass is 79.9. The SMILES string of the molecule is COc1ccc(Cl)cc1NC(=O)C(C)Oc1ccc(Br)cc1. The summed E-state index contributed by atoms with van der Waals surface area (Å²) in [5.41, 5.74) is 0.506. The number of halogens is 2. The Balaban J connectivity index is 2.05. The van der Waals surface area contributed by atoms with E-state index in [2.05, 4.69) is 21.2 Å². The molecule has 6 heteroatoms. The van der Waals surface area contributed by atoms with Crippen LogP contribution < -0.4 is 14.8 Å². The van der Waals surface area contributed by atoms with Gasteiger partial charge in [0.25, 0.3) is 5.91 Å². The summed E-state index contributed by atoms with van der Waals surface area (Å²) in [6, 6.07) is 12.3. The molecule has 0 bridgehead atoms. The Morgan fingerprint density at radius 1 is 1.23 bits per heavy atom. The summed E-state index contributed by atoms with van der Waals surface area (Å²) >= 11 is 9.29. The molecule has 4 nitrogen and oxygen atoms in total. The summed E-state index contributed by atoms with van der Waals surface area (Å²) in [4.78, 5) is 12.2. The molecule has 116 valence electrons. The molecule has 2 aromatic rings. The highest BCUT2D eigenvalue weighted by Crippen LogP contribution is 2.28. The van der Waals surface area contributed by atoms with E-state index in [0.717, 1.165) is 4.47 Å². The van der Waals surface area contributed by atoms with Gasteiger partial charge in [-0.15, -0.1) is 0 Å². The number of hydrogen-bond donors (Lipinski definition) is 1. The first-order valence-electron chi connectivity index (χ1n) is 6.56. The minimum absolute atomic E-state index is 0.288. The van der Waals surface area contributed by atoms with E-state index < -0.39 is 6.10 Å². The first kappa shape index (κ1) is 16.6. The van der Waals surface area contributed by atoms with Crippen LogP contribution in [0.4, 0.5) is 5.69 Å². The number of amides is 1. The molecule has 0 saturated heterocycles. The maximum absolute atomic E-state index is 12.2. The van der Waals surface area contributed by atoms with E-state index in [0.29, 0.717) is 22.2 Å². The van der Waals surface area contributed by atoms with Crippen molar-refractivity contribution in [2.45, 2.75) is 13.0 Å². The Morgan fingerprint density at radius 3 is 2.55 bits per heavy atom. The van der Waals surface area contributed by atoms with Gasteiger partial charge >= 0.3 is 0 Å². The van der Waals surface area contributed by atoms with Crippen molar-refractivity contribution >= 4 is 39.1 Å². The second-order valence-electron chi connectivity index (χ2n) is 4.55. The molecule has 0 fully saturated rings. The smallest absolute Gasteiger partial charge is 0.265 e. The molecule has 2 rings (SSSR count). The van der Waals surface area contributed by atoms with Crippen molar-refractivity contribution in [1.29, 1.82) is 0 Å². The summed E-state index contributed by atoms with van der Waals surface area (Å²) < 4.78 is 11.7. The van der Waals surface area contributed by atoms with Gasteiger partial charge in [0.05, 0.1) is 12.8 Å². The molecule has 0 aromatic heterocycles. The average Bonchev–Trinajstić information content (AvgIpc) is 2.49. The van der Waals surface area contributed by atoms with Crippen LogP contribution >= 0.6 is 27.5 Å². The largest absolute Gasteiger partial charge is 0.495 e. The molecule has 2 aromatic carbocycles. The van der Waals surface area contributed by atoms with Gasteiger partial charge in [-0.2, -0.15) is 0 Å². The van der Waals surface area contributed by atoms with E-state index in [4.69, 9.17) is 21.1 Å². The lowest BCUT2D eigenvalue weighted by molar-refractivity contribution is -0.122. The van der Waals surface area contributed by atoms with E-state index in [1.165, 1.54) is 7.11 Å². The highest BCUT2D eigenvalue weighted by Gasteiger charge is 2.17. The van der Waals surface area contributed by atoms with Crippen molar-refractivity contribution in [2.24, 2.45) is 0 Å². The third-order valence-electron chi connectivity index (χ3n) is 2.92. The zero-order valence-corrected chi connectivity index (χ0v) is 14.4. The minimum Gasteiger partial charge on any atom is -0.495 e. The van der Waals surface area contributed by atoms with Gasteiger partial charge in [-0.1, -0.05) is 27.5 Å². The lowest BCUT2D eigenvalue weighted by Gasteiger charge is -2.16. The normalized spacial score (nSPS) is 11.6. The third-order valence-corrected chi connectivity index (χ3v) is 3.68. The second kappa shape index (κ2) is 7.51. The van der Waals surface area contributed by atoms with Gasteiger partial charge in [0.15, 0.2) is 6.10 Å². The Morgan fingerprint density at radius 2 is 1.91 bits per heavy atom. The Kier molecular flexibility index (Phi) is 5.69. The van der Waals surface area contributed by atoms with Crippen LogP contribution in [0, 0.1) is 0 Å². The average molecular weight is 385 g/mol. The molecule has 0 spiro atoms. The van der Waals surface area contributed by atoms with Crippen molar-refractivity contribution in [2.75, 3.05) is 12.4 Å². The fourth-order valence-electron chi connectivity index (χ4n) is 1.78. The van der Waals surface area contributed by atoms with Gasteiger partial charge in [-0.05, 0) is 49.4 Å².